The molecule has 5 N–H and O–H groups in total. The third-order valence-corrected chi connectivity index (χ3v) is 2.56. The molecule has 0 aromatic carbocycles. The Labute approximate surface area is 78.4 Å². The van der Waals surface area contributed by atoms with Crippen LogP contribution in [0.1, 0.15) is 19.8 Å². The van der Waals surface area contributed by atoms with E-state index in [1.54, 1.807) is 0 Å². The first-order valence-electron chi connectivity index (χ1n) is 4.65. The number of amides is 1. The van der Waals surface area contributed by atoms with Crippen molar-refractivity contribution in [1.82, 2.24) is 10.3 Å². The van der Waals surface area contributed by atoms with Crippen molar-refractivity contribution >= 4 is 5.91 Å². The number of nitrogens with one attached hydrogen (secondary N) is 1. The van der Waals surface area contributed by atoms with Crippen LogP contribution in [0.25, 0.3) is 0 Å². The molecule has 1 heterocycles. The fourth-order valence-electron chi connectivity index (χ4n) is 1.68. The number of nitrogens with two attached hydrogens (primary N) is 2. The maximum absolute atomic E-state index is 11.2. The second-order valence-corrected chi connectivity index (χ2v) is 3.58. The lowest BCUT2D eigenvalue weighted by atomic mass is 10.0. The van der Waals surface area contributed by atoms with Gasteiger partial charge in [-0.1, -0.05) is 0 Å². The van der Waals surface area contributed by atoms with Gasteiger partial charge < -0.3 is 5.73 Å². The summed E-state index contributed by atoms with van der Waals surface area (Å²) in [5.41, 5.74) is 7.96. The van der Waals surface area contributed by atoms with Crippen LogP contribution in [0, 0.1) is 0 Å². The highest BCUT2D eigenvalue weighted by Crippen LogP contribution is 2.11. The van der Waals surface area contributed by atoms with Gasteiger partial charge in [-0.2, -0.15) is 0 Å². The molecular weight excluding hydrogens is 168 g/mol. The van der Waals surface area contributed by atoms with Crippen molar-refractivity contribution in [2.24, 2.45) is 11.6 Å². The average molecular weight is 186 g/mol. The van der Waals surface area contributed by atoms with Crippen LogP contribution in [0.15, 0.2) is 0 Å². The quantitative estimate of drug-likeness (QED) is 0.287. The number of carbonyl (C=O) groups is 1. The molecule has 0 aromatic heterocycles. The van der Waals surface area contributed by atoms with Gasteiger partial charge in [0.1, 0.15) is 0 Å². The summed E-state index contributed by atoms with van der Waals surface area (Å²) in [7, 11) is 0. The molecule has 5 heteroatoms. The second kappa shape index (κ2) is 4.55. The van der Waals surface area contributed by atoms with E-state index in [1.807, 2.05) is 6.92 Å². The molecule has 0 spiro atoms. The number of rotatable bonds is 2. The van der Waals surface area contributed by atoms with E-state index >= 15 is 0 Å². The third kappa shape index (κ3) is 2.65. The van der Waals surface area contributed by atoms with Gasteiger partial charge >= 0.3 is 0 Å². The molecule has 0 saturated carbocycles. The Hall–Kier alpha value is -0.650. The molecule has 1 aliphatic rings. The third-order valence-electron chi connectivity index (χ3n) is 2.56. The van der Waals surface area contributed by atoms with Crippen molar-refractivity contribution in [1.29, 1.82) is 0 Å². The van der Waals surface area contributed by atoms with Crippen molar-refractivity contribution in [2.45, 2.75) is 31.8 Å². The van der Waals surface area contributed by atoms with Gasteiger partial charge in [0, 0.05) is 12.6 Å². The van der Waals surface area contributed by atoms with Crippen LogP contribution in [-0.2, 0) is 4.79 Å². The summed E-state index contributed by atoms with van der Waals surface area (Å²) >= 11 is 0. The zero-order valence-corrected chi connectivity index (χ0v) is 7.99. The van der Waals surface area contributed by atoms with Crippen LogP contribution in [-0.4, -0.2) is 36.0 Å². The summed E-state index contributed by atoms with van der Waals surface area (Å²) in [6.45, 7) is 3.57. The molecule has 5 nitrogen and oxygen atoms in total. The van der Waals surface area contributed by atoms with E-state index < -0.39 is 0 Å². The number of hydrazine groups is 1. The fraction of sp³-hybridized carbons (Fsp3) is 0.875. The monoisotopic (exact) mass is 186 g/mol. The summed E-state index contributed by atoms with van der Waals surface area (Å²) in [6.07, 6.45) is 2.11. The first-order valence-corrected chi connectivity index (χ1v) is 4.65. The van der Waals surface area contributed by atoms with Gasteiger partial charge in [-0.3, -0.25) is 15.1 Å². The van der Waals surface area contributed by atoms with E-state index in [0.29, 0.717) is 0 Å². The Kier molecular flexibility index (Phi) is 3.65. The molecule has 1 saturated heterocycles. The molecule has 0 radical (unpaired) electrons. The molecule has 1 fully saturated rings. The lowest BCUT2D eigenvalue weighted by molar-refractivity contribution is -0.126. The van der Waals surface area contributed by atoms with E-state index in [9.17, 15) is 4.79 Å². The Morgan fingerprint density at radius 2 is 2.38 bits per heavy atom. The van der Waals surface area contributed by atoms with Gasteiger partial charge in [-0.25, -0.2) is 5.84 Å². The van der Waals surface area contributed by atoms with Crippen LogP contribution >= 0.6 is 0 Å². The van der Waals surface area contributed by atoms with Crippen LogP contribution in [0.3, 0.4) is 0 Å². The predicted octanol–water partition coefficient (Wildman–Crippen LogP) is -1.21. The minimum atomic E-state index is -0.170. The van der Waals surface area contributed by atoms with E-state index in [4.69, 9.17) is 11.6 Å². The minimum Gasteiger partial charge on any atom is -0.327 e. The Bertz CT molecular complexity index is 185. The highest BCUT2D eigenvalue weighted by atomic mass is 16.2. The first kappa shape index (κ1) is 10.4. The molecule has 2 unspecified atom stereocenters. The summed E-state index contributed by atoms with van der Waals surface area (Å²) in [4.78, 5) is 13.3. The second-order valence-electron chi connectivity index (χ2n) is 3.58. The van der Waals surface area contributed by atoms with Gasteiger partial charge in [-0.05, 0) is 26.3 Å². The molecular formula is C8H18N4O. The summed E-state index contributed by atoms with van der Waals surface area (Å²) in [6, 6.07) is 0.0260. The highest BCUT2D eigenvalue weighted by molar-refractivity contribution is 5.80. The van der Waals surface area contributed by atoms with Gasteiger partial charge in [0.25, 0.3) is 5.91 Å². The molecule has 1 rings (SSSR count). The van der Waals surface area contributed by atoms with Crippen molar-refractivity contribution in [2.75, 3.05) is 13.1 Å². The molecule has 0 aliphatic carbocycles. The van der Waals surface area contributed by atoms with Gasteiger partial charge in [0.15, 0.2) is 0 Å². The first-order chi connectivity index (χ1) is 6.15. The van der Waals surface area contributed by atoms with Gasteiger partial charge in [0.05, 0.1) is 6.04 Å². The Balaban J connectivity index is 2.45. The van der Waals surface area contributed by atoms with Crippen LogP contribution in [0.5, 0.6) is 0 Å². The number of nitrogens with zero attached hydrogens (tertiary/aromatic N) is 1. The molecule has 2 atom stereocenters. The molecule has 1 amide bonds. The Morgan fingerprint density at radius 1 is 1.69 bits per heavy atom. The normalized spacial score (nSPS) is 26.8. The minimum absolute atomic E-state index is 0.144. The predicted molar refractivity (Wildman–Crippen MR) is 50.6 cm³/mol. The van der Waals surface area contributed by atoms with Gasteiger partial charge in [-0.15, -0.1) is 0 Å². The summed E-state index contributed by atoms with van der Waals surface area (Å²) < 4.78 is 0. The lowest BCUT2D eigenvalue weighted by Crippen LogP contribution is -2.53. The van der Waals surface area contributed by atoms with Crippen molar-refractivity contribution in [3.05, 3.63) is 0 Å². The SMILES string of the molecule is CC(C(=O)NN)N1CCCC(N)C1. The molecule has 0 bridgehead atoms. The molecule has 76 valence electrons. The fourth-order valence-corrected chi connectivity index (χ4v) is 1.68. The van der Waals surface area contributed by atoms with Crippen LogP contribution in [0.2, 0.25) is 0 Å². The largest absolute Gasteiger partial charge is 0.327 e. The number of hydrogen-bond acceptors (Lipinski definition) is 4. The van der Waals surface area contributed by atoms with Crippen molar-refractivity contribution in [3.8, 4) is 0 Å². The molecule has 1 aliphatic heterocycles. The van der Waals surface area contributed by atoms with Crippen LogP contribution < -0.4 is 17.0 Å². The summed E-state index contributed by atoms with van der Waals surface area (Å²) in [5.74, 6) is 4.91. The van der Waals surface area contributed by atoms with Crippen molar-refractivity contribution < 1.29 is 4.79 Å². The number of hydrogen-bond donors (Lipinski definition) is 3. The zero-order chi connectivity index (χ0) is 9.84. The number of likely N-dealkylation sites (tertiary alicyclic amines) is 1. The van der Waals surface area contributed by atoms with E-state index in [0.717, 1.165) is 25.9 Å². The maximum Gasteiger partial charge on any atom is 0.250 e. The Morgan fingerprint density at radius 3 is 2.92 bits per heavy atom. The zero-order valence-electron chi connectivity index (χ0n) is 7.99. The molecule has 13 heavy (non-hydrogen) atoms. The average Bonchev–Trinajstić information content (AvgIpc) is 2.15. The summed E-state index contributed by atoms with van der Waals surface area (Å²) in [5, 5.41) is 0. The number of piperidine rings is 1. The van der Waals surface area contributed by atoms with E-state index in [-0.39, 0.29) is 18.0 Å². The van der Waals surface area contributed by atoms with Crippen LogP contribution in [0.4, 0.5) is 0 Å². The highest BCUT2D eigenvalue weighted by Gasteiger charge is 2.24. The lowest BCUT2D eigenvalue weighted by Gasteiger charge is -2.34. The smallest absolute Gasteiger partial charge is 0.250 e. The number of carbonyl (C=O) groups excluding carboxylic acids is 1. The standard InChI is InChI=1S/C8H18N4O/c1-6(8(13)11-10)12-4-2-3-7(9)5-12/h6-7H,2-5,9-10H2,1H3,(H,11,13). The topological polar surface area (TPSA) is 84.4 Å². The maximum atomic E-state index is 11.2. The van der Waals surface area contributed by atoms with E-state index in [1.165, 1.54) is 0 Å². The van der Waals surface area contributed by atoms with E-state index in [2.05, 4.69) is 10.3 Å². The van der Waals surface area contributed by atoms with Crippen molar-refractivity contribution in [3.63, 3.8) is 0 Å². The van der Waals surface area contributed by atoms with Gasteiger partial charge in [0.2, 0.25) is 0 Å². The molecule has 0 aromatic rings.